The number of nitrogens with zero attached hydrogens (tertiary/aromatic N) is 3. The van der Waals surface area contributed by atoms with E-state index in [1.54, 1.807) is 0 Å². The molecule has 0 aliphatic carbocycles. The highest BCUT2D eigenvalue weighted by Gasteiger charge is 2.18. The number of fused-ring (bicyclic) bond motifs is 1. The van der Waals surface area contributed by atoms with Gasteiger partial charge in [-0.05, 0) is 18.6 Å². The average molecular weight is 257 g/mol. The van der Waals surface area contributed by atoms with E-state index in [1.165, 1.54) is 0 Å². The van der Waals surface area contributed by atoms with Crippen molar-refractivity contribution in [3.63, 3.8) is 0 Å². The number of aromatic amines is 1. The lowest BCUT2D eigenvalue weighted by Gasteiger charge is -2.16. The normalized spacial score (nSPS) is 13.4. The first-order chi connectivity index (χ1) is 9.38. The number of aliphatic imine (C=N–C) groups is 1. The first kappa shape index (κ1) is 11.7. The molecule has 98 valence electrons. The summed E-state index contributed by atoms with van der Waals surface area (Å²) in [6.07, 6.45) is 0.974. The van der Waals surface area contributed by atoms with Gasteiger partial charge in [-0.25, -0.2) is 0 Å². The van der Waals surface area contributed by atoms with Gasteiger partial charge in [-0.15, -0.1) is 5.10 Å². The molecule has 1 aliphatic rings. The van der Waals surface area contributed by atoms with Crippen molar-refractivity contribution in [1.82, 2.24) is 15.4 Å². The summed E-state index contributed by atoms with van der Waals surface area (Å²) in [5, 5.41) is 13.8. The van der Waals surface area contributed by atoms with Gasteiger partial charge in [-0.1, -0.05) is 19.1 Å². The minimum absolute atomic E-state index is 0.524. The van der Waals surface area contributed by atoms with Gasteiger partial charge in [0.15, 0.2) is 5.82 Å². The van der Waals surface area contributed by atoms with Crippen molar-refractivity contribution < 1.29 is 4.74 Å². The van der Waals surface area contributed by atoms with Crippen LogP contribution in [0.1, 0.15) is 24.6 Å². The van der Waals surface area contributed by atoms with Crippen LogP contribution in [0.2, 0.25) is 0 Å². The zero-order valence-corrected chi connectivity index (χ0v) is 10.7. The lowest BCUT2D eigenvalue weighted by atomic mass is 10.1. The number of amidine groups is 1. The molecule has 0 atom stereocenters. The lowest BCUT2D eigenvalue weighted by molar-refractivity contribution is 0.317. The van der Waals surface area contributed by atoms with Crippen LogP contribution < -0.4 is 10.1 Å². The fraction of sp³-hybridized carbons (Fsp3) is 0.308. The number of anilines is 1. The van der Waals surface area contributed by atoms with Crippen LogP contribution in [-0.4, -0.2) is 27.9 Å². The predicted molar refractivity (Wildman–Crippen MR) is 72.5 cm³/mol. The predicted octanol–water partition coefficient (Wildman–Crippen LogP) is 1.97. The largest absolute Gasteiger partial charge is 0.493 e. The van der Waals surface area contributed by atoms with Crippen LogP contribution in [0.5, 0.6) is 5.75 Å². The molecule has 0 bridgehead atoms. The molecule has 0 unspecified atom stereocenters. The Bertz CT molecular complexity index is 605. The summed E-state index contributed by atoms with van der Waals surface area (Å²) in [5.74, 6) is 2.34. The molecule has 0 saturated heterocycles. The third kappa shape index (κ3) is 2.29. The Hall–Kier alpha value is -2.37. The van der Waals surface area contributed by atoms with E-state index in [9.17, 15) is 0 Å². The van der Waals surface area contributed by atoms with Gasteiger partial charge in [0.2, 0.25) is 0 Å². The van der Waals surface area contributed by atoms with Crippen molar-refractivity contribution in [3.05, 3.63) is 35.5 Å². The topological polar surface area (TPSA) is 75.2 Å². The van der Waals surface area contributed by atoms with Crippen LogP contribution in [0, 0.1) is 0 Å². The highest BCUT2D eigenvalue weighted by molar-refractivity contribution is 6.10. The number of benzene rings is 1. The van der Waals surface area contributed by atoms with Crippen molar-refractivity contribution >= 4 is 11.7 Å². The molecule has 19 heavy (non-hydrogen) atoms. The van der Waals surface area contributed by atoms with Gasteiger partial charge in [-0.3, -0.25) is 4.99 Å². The van der Waals surface area contributed by atoms with E-state index in [4.69, 9.17) is 4.74 Å². The number of aromatic nitrogens is 3. The van der Waals surface area contributed by atoms with Crippen molar-refractivity contribution in [1.29, 1.82) is 0 Å². The SMILES string of the molecule is CCCOc1ccccc1C1=NCc2n[nH]nc2N1. The van der Waals surface area contributed by atoms with Crippen LogP contribution in [0.3, 0.4) is 0 Å². The monoisotopic (exact) mass is 257 g/mol. The fourth-order valence-electron chi connectivity index (χ4n) is 1.92. The second kappa shape index (κ2) is 5.09. The standard InChI is InChI=1S/C13H15N5O/c1-2-7-19-11-6-4-3-5-9(11)12-14-8-10-13(15-12)17-18-16-10/h3-6H,2,7-8H2,1H3,(H2,14,15,16,17,18). The van der Waals surface area contributed by atoms with Gasteiger partial charge >= 0.3 is 0 Å². The van der Waals surface area contributed by atoms with Gasteiger partial charge in [0, 0.05) is 0 Å². The zero-order chi connectivity index (χ0) is 13.1. The van der Waals surface area contributed by atoms with Crippen LogP contribution in [0.15, 0.2) is 29.3 Å². The van der Waals surface area contributed by atoms with Crippen molar-refractivity contribution in [2.45, 2.75) is 19.9 Å². The van der Waals surface area contributed by atoms with Gasteiger partial charge in [0.1, 0.15) is 17.3 Å². The minimum atomic E-state index is 0.524. The zero-order valence-electron chi connectivity index (χ0n) is 10.7. The maximum absolute atomic E-state index is 5.74. The van der Waals surface area contributed by atoms with E-state index in [-0.39, 0.29) is 0 Å². The van der Waals surface area contributed by atoms with Crippen LogP contribution in [0.25, 0.3) is 0 Å². The maximum Gasteiger partial charge on any atom is 0.179 e. The lowest BCUT2D eigenvalue weighted by Crippen LogP contribution is -2.20. The van der Waals surface area contributed by atoms with E-state index in [2.05, 4.69) is 32.6 Å². The second-order valence-electron chi connectivity index (χ2n) is 4.25. The molecule has 0 spiro atoms. The van der Waals surface area contributed by atoms with E-state index in [0.717, 1.165) is 35.1 Å². The van der Waals surface area contributed by atoms with Gasteiger partial charge < -0.3 is 10.1 Å². The molecular weight excluding hydrogens is 242 g/mol. The molecular formula is C13H15N5O. The molecule has 2 N–H and O–H groups in total. The number of para-hydroxylation sites is 1. The van der Waals surface area contributed by atoms with Gasteiger partial charge in [0.05, 0.1) is 18.7 Å². The number of ether oxygens (including phenoxy) is 1. The Balaban J connectivity index is 1.88. The smallest absolute Gasteiger partial charge is 0.179 e. The fourth-order valence-corrected chi connectivity index (χ4v) is 1.92. The number of hydrogen-bond donors (Lipinski definition) is 2. The maximum atomic E-state index is 5.74. The number of H-pyrrole nitrogens is 1. The van der Waals surface area contributed by atoms with Crippen LogP contribution in [0.4, 0.5) is 5.82 Å². The molecule has 0 fully saturated rings. The van der Waals surface area contributed by atoms with Crippen LogP contribution in [-0.2, 0) is 6.54 Å². The molecule has 0 saturated carbocycles. The van der Waals surface area contributed by atoms with Gasteiger partial charge in [0.25, 0.3) is 0 Å². The molecule has 3 rings (SSSR count). The molecule has 6 nitrogen and oxygen atoms in total. The first-order valence-electron chi connectivity index (χ1n) is 6.32. The van der Waals surface area contributed by atoms with Crippen molar-refractivity contribution in [2.75, 3.05) is 11.9 Å². The quantitative estimate of drug-likeness (QED) is 0.878. The molecule has 6 heteroatoms. The number of nitrogens with one attached hydrogen (secondary N) is 2. The second-order valence-corrected chi connectivity index (χ2v) is 4.25. The Kier molecular flexibility index (Phi) is 3.14. The first-order valence-corrected chi connectivity index (χ1v) is 6.32. The molecule has 0 amide bonds. The van der Waals surface area contributed by atoms with Crippen molar-refractivity contribution in [2.24, 2.45) is 4.99 Å². The molecule has 2 aromatic rings. The Morgan fingerprint density at radius 1 is 1.26 bits per heavy atom. The summed E-state index contributed by atoms with van der Waals surface area (Å²) in [4.78, 5) is 4.49. The Morgan fingerprint density at radius 3 is 3.05 bits per heavy atom. The number of hydrogen-bond acceptors (Lipinski definition) is 5. The van der Waals surface area contributed by atoms with E-state index in [1.807, 2.05) is 24.3 Å². The van der Waals surface area contributed by atoms with Gasteiger partial charge in [-0.2, -0.15) is 10.3 Å². The molecule has 0 radical (unpaired) electrons. The summed E-state index contributed by atoms with van der Waals surface area (Å²) >= 11 is 0. The Morgan fingerprint density at radius 2 is 2.16 bits per heavy atom. The highest BCUT2D eigenvalue weighted by Crippen LogP contribution is 2.23. The third-order valence-corrected chi connectivity index (χ3v) is 2.85. The Labute approximate surface area is 110 Å². The third-order valence-electron chi connectivity index (χ3n) is 2.85. The van der Waals surface area contributed by atoms with E-state index in [0.29, 0.717) is 13.2 Å². The summed E-state index contributed by atoms with van der Waals surface area (Å²) in [6.45, 7) is 3.30. The minimum Gasteiger partial charge on any atom is -0.493 e. The molecule has 1 aromatic carbocycles. The van der Waals surface area contributed by atoms with E-state index < -0.39 is 0 Å². The number of rotatable bonds is 4. The summed E-state index contributed by atoms with van der Waals surface area (Å²) in [7, 11) is 0. The van der Waals surface area contributed by atoms with E-state index >= 15 is 0 Å². The molecule has 1 aromatic heterocycles. The van der Waals surface area contributed by atoms with Crippen LogP contribution >= 0.6 is 0 Å². The van der Waals surface area contributed by atoms with Crippen molar-refractivity contribution in [3.8, 4) is 5.75 Å². The summed E-state index contributed by atoms with van der Waals surface area (Å²) < 4.78 is 5.74. The average Bonchev–Trinajstić information content (AvgIpc) is 2.92. The molecule has 1 aliphatic heterocycles. The molecule has 2 heterocycles. The summed E-state index contributed by atoms with van der Waals surface area (Å²) in [5.41, 5.74) is 1.78. The summed E-state index contributed by atoms with van der Waals surface area (Å²) in [6, 6.07) is 7.87. The highest BCUT2D eigenvalue weighted by atomic mass is 16.5.